The van der Waals surface area contributed by atoms with E-state index in [1.807, 2.05) is 55.5 Å². The van der Waals surface area contributed by atoms with Crippen LogP contribution in [0.25, 0.3) is 22.5 Å². The number of rotatable bonds is 5. The summed E-state index contributed by atoms with van der Waals surface area (Å²) in [6.07, 6.45) is 2.12. The van der Waals surface area contributed by atoms with Gasteiger partial charge in [0.15, 0.2) is 5.58 Å². The zero-order valence-electron chi connectivity index (χ0n) is 18.4. The Hall–Kier alpha value is -3.94. The largest absolute Gasteiger partial charge is 0.423 e. The van der Waals surface area contributed by atoms with Gasteiger partial charge in [0.25, 0.3) is 11.6 Å². The Morgan fingerprint density at radius 2 is 1.94 bits per heavy atom. The number of carbonyl (C=O) groups excluding carboxylic acids is 1. The standard InChI is InChI=1S/C25H25N5O3/c1-2-18-15-22(31)29-23(26-18)17-6-5-7-19(14-17)27-24(32)16-10-12-30(13-11-16)25-28-20-8-3-4-9-21(20)33-25/h3-9,14-16H,2,10-13H2,1H3,(H,27,32)(H,26,29,31). The summed E-state index contributed by atoms with van der Waals surface area (Å²) >= 11 is 0. The summed E-state index contributed by atoms with van der Waals surface area (Å²) in [7, 11) is 0. The van der Waals surface area contributed by atoms with Gasteiger partial charge in [0.05, 0.1) is 0 Å². The molecule has 0 unspecified atom stereocenters. The number of aromatic amines is 1. The molecule has 1 saturated heterocycles. The van der Waals surface area contributed by atoms with E-state index in [0.717, 1.165) is 35.2 Å². The maximum atomic E-state index is 12.9. The molecule has 1 aliphatic rings. The van der Waals surface area contributed by atoms with Crippen LogP contribution in [0.5, 0.6) is 0 Å². The third kappa shape index (κ3) is 4.50. The van der Waals surface area contributed by atoms with E-state index in [0.29, 0.717) is 37.0 Å². The number of hydrogen-bond acceptors (Lipinski definition) is 6. The van der Waals surface area contributed by atoms with Crippen LogP contribution in [0.2, 0.25) is 0 Å². The average Bonchev–Trinajstić information content (AvgIpc) is 3.28. The van der Waals surface area contributed by atoms with E-state index in [2.05, 4.69) is 25.2 Å². The number of benzene rings is 2. The van der Waals surface area contributed by atoms with Gasteiger partial charge in [-0.1, -0.05) is 31.2 Å². The van der Waals surface area contributed by atoms with E-state index in [1.54, 1.807) is 0 Å². The Labute approximate surface area is 190 Å². The zero-order valence-corrected chi connectivity index (χ0v) is 18.4. The third-order valence-corrected chi connectivity index (χ3v) is 5.98. The predicted octanol–water partition coefficient (Wildman–Crippen LogP) is 4.00. The molecule has 3 heterocycles. The Morgan fingerprint density at radius 3 is 2.73 bits per heavy atom. The predicted molar refractivity (Wildman–Crippen MR) is 127 cm³/mol. The molecular formula is C25H25N5O3. The summed E-state index contributed by atoms with van der Waals surface area (Å²) in [6, 6.07) is 17.2. The monoisotopic (exact) mass is 443 g/mol. The van der Waals surface area contributed by atoms with Crippen LogP contribution in [0, 0.1) is 5.92 Å². The first kappa shape index (κ1) is 20.9. The second kappa shape index (κ2) is 8.90. The highest BCUT2D eigenvalue weighted by molar-refractivity contribution is 5.93. The second-order valence-electron chi connectivity index (χ2n) is 8.23. The summed E-state index contributed by atoms with van der Waals surface area (Å²) in [5.41, 5.74) is 3.60. The van der Waals surface area contributed by atoms with Gasteiger partial charge in [-0.15, -0.1) is 0 Å². The van der Waals surface area contributed by atoms with Crippen molar-refractivity contribution in [2.45, 2.75) is 26.2 Å². The number of amides is 1. The lowest BCUT2D eigenvalue weighted by Crippen LogP contribution is -2.38. The number of piperidine rings is 1. The molecule has 2 N–H and O–H groups in total. The Bertz CT molecular complexity index is 1320. The summed E-state index contributed by atoms with van der Waals surface area (Å²) in [5.74, 6) is 0.408. The molecule has 0 saturated carbocycles. The number of hydrogen-bond donors (Lipinski definition) is 2. The number of anilines is 2. The Kier molecular flexibility index (Phi) is 5.64. The summed E-state index contributed by atoms with van der Waals surface area (Å²) in [5, 5.41) is 3.02. The fourth-order valence-corrected chi connectivity index (χ4v) is 4.14. The molecular weight excluding hydrogens is 418 g/mol. The average molecular weight is 444 g/mol. The number of nitrogens with zero attached hydrogens (tertiary/aromatic N) is 3. The highest BCUT2D eigenvalue weighted by Gasteiger charge is 2.27. The number of aromatic nitrogens is 3. The smallest absolute Gasteiger partial charge is 0.298 e. The van der Waals surface area contributed by atoms with Crippen LogP contribution in [0.15, 0.2) is 63.8 Å². The number of nitrogens with one attached hydrogen (secondary N) is 2. The van der Waals surface area contributed by atoms with Gasteiger partial charge in [0, 0.05) is 42.0 Å². The first-order chi connectivity index (χ1) is 16.1. The van der Waals surface area contributed by atoms with E-state index < -0.39 is 0 Å². The van der Waals surface area contributed by atoms with Gasteiger partial charge in [-0.2, -0.15) is 4.98 Å². The van der Waals surface area contributed by atoms with Crippen LogP contribution in [0.4, 0.5) is 11.7 Å². The lowest BCUT2D eigenvalue weighted by atomic mass is 9.96. The van der Waals surface area contributed by atoms with Crippen LogP contribution < -0.4 is 15.8 Å². The summed E-state index contributed by atoms with van der Waals surface area (Å²) < 4.78 is 5.86. The number of carbonyl (C=O) groups is 1. The van der Waals surface area contributed by atoms with Crippen molar-refractivity contribution in [2.75, 3.05) is 23.3 Å². The highest BCUT2D eigenvalue weighted by atomic mass is 16.4. The molecule has 0 atom stereocenters. The summed E-state index contributed by atoms with van der Waals surface area (Å²) in [4.78, 5) is 38.7. The van der Waals surface area contributed by atoms with Crippen LogP contribution in [-0.4, -0.2) is 33.9 Å². The van der Waals surface area contributed by atoms with Crippen molar-refractivity contribution in [2.24, 2.45) is 5.92 Å². The molecule has 1 aliphatic heterocycles. The molecule has 5 rings (SSSR count). The summed E-state index contributed by atoms with van der Waals surface area (Å²) in [6.45, 7) is 3.37. The number of H-pyrrole nitrogens is 1. The van der Waals surface area contributed by atoms with Crippen molar-refractivity contribution in [3.05, 3.63) is 70.6 Å². The second-order valence-corrected chi connectivity index (χ2v) is 8.23. The van der Waals surface area contributed by atoms with Crippen molar-refractivity contribution in [1.82, 2.24) is 15.0 Å². The van der Waals surface area contributed by atoms with E-state index in [4.69, 9.17) is 4.42 Å². The molecule has 0 radical (unpaired) electrons. The number of aryl methyl sites for hydroxylation is 1. The van der Waals surface area contributed by atoms with Gasteiger partial charge in [-0.25, -0.2) is 4.98 Å². The van der Waals surface area contributed by atoms with Gasteiger partial charge in [0.1, 0.15) is 11.3 Å². The maximum Gasteiger partial charge on any atom is 0.298 e. The van der Waals surface area contributed by atoms with Crippen molar-refractivity contribution >= 4 is 28.7 Å². The van der Waals surface area contributed by atoms with Crippen LogP contribution in [0.1, 0.15) is 25.5 Å². The van der Waals surface area contributed by atoms with Crippen LogP contribution in [-0.2, 0) is 11.2 Å². The normalized spacial score (nSPS) is 14.5. The fourth-order valence-electron chi connectivity index (χ4n) is 4.14. The molecule has 33 heavy (non-hydrogen) atoms. The van der Waals surface area contributed by atoms with Gasteiger partial charge in [-0.3, -0.25) is 9.59 Å². The first-order valence-corrected chi connectivity index (χ1v) is 11.2. The van der Waals surface area contributed by atoms with Gasteiger partial charge >= 0.3 is 0 Å². The van der Waals surface area contributed by atoms with Crippen molar-refractivity contribution in [3.8, 4) is 11.4 Å². The molecule has 0 spiro atoms. The fraction of sp³-hybridized carbons (Fsp3) is 0.280. The molecule has 2 aromatic carbocycles. The third-order valence-electron chi connectivity index (χ3n) is 5.98. The van der Waals surface area contributed by atoms with Crippen molar-refractivity contribution in [3.63, 3.8) is 0 Å². The minimum atomic E-state index is -0.183. The molecule has 0 bridgehead atoms. The van der Waals surface area contributed by atoms with Crippen LogP contribution in [0.3, 0.4) is 0 Å². The highest BCUT2D eigenvalue weighted by Crippen LogP contribution is 2.27. The topological polar surface area (TPSA) is 104 Å². The molecule has 2 aromatic heterocycles. The SMILES string of the molecule is CCc1cc(=O)[nH]c(-c2cccc(NC(=O)C3CCN(c4nc5ccccc5o4)CC3)c2)n1. The van der Waals surface area contributed by atoms with Crippen molar-refractivity contribution < 1.29 is 9.21 Å². The van der Waals surface area contributed by atoms with E-state index in [1.165, 1.54) is 6.07 Å². The van der Waals surface area contributed by atoms with Gasteiger partial charge in [-0.05, 0) is 43.5 Å². The van der Waals surface area contributed by atoms with Crippen molar-refractivity contribution in [1.29, 1.82) is 0 Å². The lowest BCUT2D eigenvalue weighted by Gasteiger charge is -2.30. The minimum Gasteiger partial charge on any atom is -0.423 e. The molecule has 8 nitrogen and oxygen atoms in total. The quantitative estimate of drug-likeness (QED) is 0.483. The van der Waals surface area contributed by atoms with E-state index >= 15 is 0 Å². The molecule has 1 amide bonds. The first-order valence-electron chi connectivity index (χ1n) is 11.2. The Balaban J connectivity index is 1.24. The van der Waals surface area contributed by atoms with Gasteiger partial charge < -0.3 is 19.6 Å². The van der Waals surface area contributed by atoms with Gasteiger partial charge in [0.2, 0.25) is 5.91 Å². The Morgan fingerprint density at radius 1 is 1.12 bits per heavy atom. The van der Waals surface area contributed by atoms with E-state index in [-0.39, 0.29) is 17.4 Å². The van der Waals surface area contributed by atoms with Crippen LogP contribution >= 0.6 is 0 Å². The zero-order chi connectivity index (χ0) is 22.8. The van der Waals surface area contributed by atoms with E-state index in [9.17, 15) is 9.59 Å². The number of oxazole rings is 1. The molecule has 4 aromatic rings. The maximum absolute atomic E-state index is 12.9. The molecule has 168 valence electrons. The molecule has 8 heteroatoms. The molecule has 0 aliphatic carbocycles. The number of para-hydroxylation sites is 2. The molecule has 1 fully saturated rings. The number of fused-ring (bicyclic) bond motifs is 1. The lowest BCUT2D eigenvalue weighted by molar-refractivity contribution is -0.120. The minimum absolute atomic E-state index is 0.00636.